The summed E-state index contributed by atoms with van der Waals surface area (Å²) in [7, 11) is 0. The van der Waals surface area contributed by atoms with Crippen LogP contribution in [0.2, 0.25) is 5.02 Å². The summed E-state index contributed by atoms with van der Waals surface area (Å²) in [5.74, 6) is 0.196. The zero-order chi connectivity index (χ0) is 17.3. The van der Waals surface area contributed by atoms with Crippen LogP contribution in [0.25, 0.3) is 0 Å². The molecule has 0 spiro atoms. The van der Waals surface area contributed by atoms with Gasteiger partial charge >= 0.3 is 0 Å². The van der Waals surface area contributed by atoms with Crippen molar-refractivity contribution in [1.29, 1.82) is 0 Å². The summed E-state index contributed by atoms with van der Waals surface area (Å²) in [6.45, 7) is 7.05. The molecule has 24 heavy (non-hydrogen) atoms. The third kappa shape index (κ3) is 3.49. The Kier molecular flexibility index (Phi) is 4.69. The lowest BCUT2D eigenvalue weighted by molar-refractivity contribution is -0.135. The van der Waals surface area contributed by atoms with Crippen LogP contribution in [0.15, 0.2) is 48.5 Å². The van der Waals surface area contributed by atoms with E-state index in [9.17, 15) is 4.79 Å². The first-order valence-electron chi connectivity index (χ1n) is 8.48. The molecule has 2 aromatic rings. The topological polar surface area (TPSA) is 20.3 Å². The van der Waals surface area contributed by atoms with Crippen molar-refractivity contribution in [1.82, 2.24) is 4.90 Å². The van der Waals surface area contributed by atoms with Crippen LogP contribution in [-0.2, 0) is 11.2 Å². The molecule has 0 radical (unpaired) electrons. The molecule has 3 heteroatoms. The highest BCUT2D eigenvalue weighted by atomic mass is 35.5. The quantitative estimate of drug-likeness (QED) is 0.730. The molecule has 0 aromatic heterocycles. The van der Waals surface area contributed by atoms with Gasteiger partial charge in [0.05, 0.1) is 6.04 Å². The van der Waals surface area contributed by atoms with E-state index < -0.39 is 0 Å². The van der Waals surface area contributed by atoms with Gasteiger partial charge in [-0.1, -0.05) is 74.8 Å². The van der Waals surface area contributed by atoms with Gasteiger partial charge in [0, 0.05) is 18.0 Å². The first-order chi connectivity index (χ1) is 11.4. The van der Waals surface area contributed by atoms with Gasteiger partial charge in [-0.15, -0.1) is 0 Å². The number of hydrogen-bond acceptors (Lipinski definition) is 1. The van der Waals surface area contributed by atoms with Gasteiger partial charge in [0.25, 0.3) is 0 Å². The van der Waals surface area contributed by atoms with Crippen molar-refractivity contribution in [2.75, 3.05) is 6.54 Å². The van der Waals surface area contributed by atoms with E-state index in [2.05, 4.69) is 39.0 Å². The smallest absolute Gasteiger partial charge is 0.223 e. The Bertz CT molecular complexity index is 747. The lowest BCUT2D eigenvalue weighted by Crippen LogP contribution is -2.42. The number of carbonyl (C=O) groups excluding carboxylic acids is 1. The monoisotopic (exact) mass is 341 g/mol. The zero-order valence-corrected chi connectivity index (χ0v) is 15.3. The maximum absolute atomic E-state index is 13.0. The van der Waals surface area contributed by atoms with E-state index >= 15 is 0 Å². The van der Waals surface area contributed by atoms with Crippen molar-refractivity contribution in [2.45, 2.75) is 39.7 Å². The molecule has 0 fully saturated rings. The predicted molar refractivity (Wildman–Crippen MR) is 99.2 cm³/mol. The summed E-state index contributed by atoms with van der Waals surface area (Å²) < 4.78 is 0. The molecule has 126 valence electrons. The van der Waals surface area contributed by atoms with E-state index in [-0.39, 0.29) is 17.4 Å². The summed E-state index contributed by atoms with van der Waals surface area (Å²) in [4.78, 5) is 15.0. The molecule has 0 unspecified atom stereocenters. The van der Waals surface area contributed by atoms with Crippen LogP contribution < -0.4 is 0 Å². The highest BCUT2D eigenvalue weighted by Crippen LogP contribution is 2.39. The minimum Gasteiger partial charge on any atom is -0.331 e. The normalized spacial score (nSPS) is 17.5. The second kappa shape index (κ2) is 6.60. The fourth-order valence-electron chi connectivity index (χ4n) is 3.42. The number of nitrogens with zero attached hydrogens (tertiary/aromatic N) is 1. The van der Waals surface area contributed by atoms with E-state index in [0.717, 1.165) is 18.5 Å². The molecule has 1 aliphatic rings. The van der Waals surface area contributed by atoms with Gasteiger partial charge in [-0.3, -0.25) is 4.79 Å². The molecule has 0 aliphatic carbocycles. The van der Waals surface area contributed by atoms with Crippen LogP contribution >= 0.6 is 11.6 Å². The third-order valence-corrected chi connectivity index (χ3v) is 4.83. The Morgan fingerprint density at radius 1 is 1.08 bits per heavy atom. The van der Waals surface area contributed by atoms with Gasteiger partial charge in [0.1, 0.15) is 0 Å². The molecule has 0 N–H and O–H groups in total. The molecule has 1 amide bonds. The predicted octanol–water partition coefficient (Wildman–Crippen LogP) is 5.25. The second-order valence-corrected chi connectivity index (χ2v) is 8.10. The van der Waals surface area contributed by atoms with E-state index in [0.29, 0.717) is 11.4 Å². The van der Waals surface area contributed by atoms with E-state index in [1.165, 1.54) is 11.1 Å². The highest BCUT2D eigenvalue weighted by molar-refractivity contribution is 6.31. The van der Waals surface area contributed by atoms with Crippen molar-refractivity contribution in [3.8, 4) is 0 Å². The Morgan fingerprint density at radius 2 is 1.71 bits per heavy atom. The fourth-order valence-corrected chi connectivity index (χ4v) is 3.66. The Balaban J connectivity index is 2.06. The highest BCUT2D eigenvalue weighted by Gasteiger charge is 2.34. The number of fused-ring (bicyclic) bond motifs is 1. The van der Waals surface area contributed by atoms with Crippen molar-refractivity contribution < 1.29 is 4.79 Å². The van der Waals surface area contributed by atoms with Crippen LogP contribution in [0, 0.1) is 5.41 Å². The first-order valence-corrected chi connectivity index (χ1v) is 8.86. The molecule has 1 aliphatic heterocycles. The van der Waals surface area contributed by atoms with Gasteiger partial charge in [0.15, 0.2) is 0 Å². The maximum atomic E-state index is 13.0. The molecule has 2 nitrogen and oxygen atoms in total. The molecular weight excluding hydrogens is 318 g/mol. The fraction of sp³-hybridized carbons (Fsp3) is 0.381. The number of carbonyl (C=O) groups is 1. The summed E-state index contributed by atoms with van der Waals surface area (Å²) in [6, 6.07) is 16.2. The van der Waals surface area contributed by atoms with Gasteiger partial charge in [-0.2, -0.15) is 0 Å². The Morgan fingerprint density at radius 3 is 2.38 bits per heavy atom. The summed E-state index contributed by atoms with van der Waals surface area (Å²) >= 11 is 6.49. The Labute approximate surface area is 149 Å². The molecule has 0 saturated carbocycles. The minimum absolute atomic E-state index is 0.0287. The second-order valence-electron chi connectivity index (χ2n) is 7.70. The average Bonchev–Trinajstić information content (AvgIpc) is 2.53. The molecule has 2 aromatic carbocycles. The van der Waals surface area contributed by atoms with Crippen LogP contribution in [-0.4, -0.2) is 17.4 Å². The van der Waals surface area contributed by atoms with Crippen LogP contribution in [0.4, 0.5) is 0 Å². The van der Waals surface area contributed by atoms with Crippen molar-refractivity contribution in [3.05, 3.63) is 70.2 Å². The van der Waals surface area contributed by atoms with Crippen LogP contribution in [0.5, 0.6) is 0 Å². The van der Waals surface area contributed by atoms with Gasteiger partial charge < -0.3 is 4.90 Å². The van der Waals surface area contributed by atoms with E-state index in [1.54, 1.807) is 0 Å². The Hall–Kier alpha value is -1.80. The number of amides is 1. The number of halogens is 1. The number of benzene rings is 2. The van der Waals surface area contributed by atoms with Gasteiger partial charge in [-0.05, 0) is 34.6 Å². The largest absolute Gasteiger partial charge is 0.331 e. The molecular formula is C21H24ClNO. The lowest BCUT2D eigenvalue weighted by Gasteiger charge is -2.39. The molecule has 0 saturated heterocycles. The minimum atomic E-state index is -0.0986. The van der Waals surface area contributed by atoms with Crippen molar-refractivity contribution in [2.24, 2.45) is 5.41 Å². The summed E-state index contributed by atoms with van der Waals surface area (Å²) in [5, 5.41) is 0.716. The van der Waals surface area contributed by atoms with Crippen LogP contribution in [0.3, 0.4) is 0 Å². The first kappa shape index (κ1) is 17.0. The number of rotatable bonds is 2. The van der Waals surface area contributed by atoms with Crippen molar-refractivity contribution in [3.63, 3.8) is 0 Å². The standard InChI is InChI=1S/C21H24ClNO/c1-21(2,3)14-19(24)23-13-12-15-8-4-5-9-16(15)20(23)17-10-6-7-11-18(17)22/h4-11,20H,12-14H2,1-3H3/t20-/m0/s1. The molecule has 1 heterocycles. The van der Waals surface area contributed by atoms with E-state index in [1.807, 2.05) is 35.2 Å². The zero-order valence-electron chi connectivity index (χ0n) is 14.6. The van der Waals surface area contributed by atoms with Crippen molar-refractivity contribution >= 4 is 17.5 Å². The molecule has 0 bridgehead atoms. The SMILES string of the molecule is CC(C)(C)CC(=O)N1CCc2ccccc2[C@H]1c1ccccc1Cl. The summed E-state index contributed by atoms with van der Waals surface area (Å²) in [5.41, 5.74) is 3.48. The molecule has 1 atom stereocenters. The molecule has 3 rings (SSSR count). The third-order valence-electron chi connectivity index (χ3n) is 4.49. The maximum Gasteiger partial charge on any atom is 0.223 e. The van der Waals surface area contributed by atoms with Gasteiger partial charge in [0.2, 0.25) is 5.91 Å². The number of hydrogen-bond donors (Lipinski definition) is 0. The van der Waals surface area contributed by atoms with Gasteiger partial charge in [-0.25, -0.2) is 0 Å². The van der Waals surface area contributed by atoms with Crippen LogP contribution in [0.1, 0.15) is 49.9 Å². The summed E-state index contributed by atoms with van der Waals surface area (Å²) in [6.07, 6.45) is 1.43. The average molecular weight is 342 g/mol. The van der Waals surface area contributed by atoms with E-state index in [4.69, 9.17) is 11.6 Å². The lowest BCUT2D eigenvalue weighted by atomic mass is 9.86.